The molecule has 2 rings (SSSR count). The second-order valence-electron chi connectivity index (χ2n) is 7.88. The molecule has 2 aromatic carbocycles. The average molecular weight is 380 g/mol. The fraction of sp³-hybridized carbons (Fsp3) is 0.400. The molecule has 0 aliphatic heterocycles. The highest BCUT2D eigenvalue weighted by molar-refractivity contribution is 9.10. The standard InChI is InChI=1S/C20H24BrCl/c1-19(2,3)16-9-7-13(11-17(16)20(4,5)6)15-12-14(22)8-10-18(15)21/h7-12H,1-6H3. The summed E-state index contributed by atoms with van der Waals surface area (Å²) in [6.45, 7) is 13.6. The van der Waals surface area contributed by atoms with Crippen LogP contribution in [0.5, 0.6) is 0 Å². The zero-order valence-electron chi connectivity index (χ0n) is 14.2. The summed E-state index contributed by atoms with van der Waals surface area (Å²) >= 11 is 9.82. The maximum Gasteiger partial charge on any atom is 0.0412 e. The Bertz CT molecular complexity index is 688. The number of benzene rings is 2. The zero-order chi connectivity index (χ0) is 16.7. The van der Waals surface area contributed by atoms with Crippen LogP contribution in [-0.4, -0.2) is 0 Å². The Morgan fingerprint density at radius 3 is 1.91 bits per heavy atom. The zero-order valence-corrected chi connectivity index (χ0v) is 16.6. The van der Waals surface area contributed by atoms with Crippen LogP contribution in [0.1, 0.15) is 52.7 Å². The van der Waals surface area contributed by atoms with Crippen molar-refractivity contribution >= 4 is 27.5 Å². The summed E-state index contributed by atoms with van der Waals surface area (Å²) in [5.74, 6) is 0. The third-order valence-electron chi connectivity index (χ3n) is 3.88. The van der Waals surface area contributed by atoms with Gasteiger partial charge in [-0.05, 0) is 51.3 Å². The van der Waals surface area contributed by atoms with Crippen molar-refractivity contribution in [2.24, 2.45) is 0 Å². The lowest BCUT2D eigenvalue weighted by atomic mass is 9.74. The number of hydrogen-bond donors (Lipinski definition) is 0. The molecule has 0 spiro atoms. The Kier molecular flexibility index (Phi) is 4.80. The van der Waals surface area contributed by atoms with Crippen LogP contribution in [-0.2, 0) is 10.8 Å². The van der Waals surface area contributed by atoms with E-state index in [1.54, 1.807) is 0 Å². The summed E-state index contributed by atoms with van der Waals surface area (Å²) in [4.78, 5) is 0. The molecule has 0 amide bonds. The summed E-state index contributed by atoms with van der Waals surface area (Å²) in [5.41, 5.74) is 5.37. The predicted molar refractivity (Wildman–Crippen MR) is 102 cm³/mol. The van der Waals surface area contributed by atoms with Gasteiger partial charge >= 0.3 is 0 Å². The maximum absolute atomic E-state index is 6.18. The van der Waals surface area contributed by atoms with Gasteiger partial charge in [0.2, 0.25) is 0 Å². The lowest BCUT2D eigenvalue weighted by Crippen LogP contribution is -2.21. The van der Waals surface area contributed by atoms with Gasteiger partial charge in [0.1, 0.15) is 0 Å². The summed E-state index contributed by atoms with van der Waals surface area (Å²) < 4.78 is 1.07. The van der Waals surface area contributed by atoms with Crippen molar-refractivity contribution in [3.63, 3.8) is 0 Å². The topological polar surface area (TPSA) is 0 Å². The van der Waals surface area contributed by atoms with Crippen molar-refractivity contribution in [2.75, 3.05) is 0 Å². The maximum atomic E-state index is 6.18. The molecule has 0 saturated heterocycles. The van der Waals surface area contributed by atoms with Gasteiger partial charge in [0, 0.05) is 9.50 Å². The third kappa shape index (κ3) is 3.75. The van der Waals surface area contributed by atoms with E-state index in [0.29, 0.717) is 0 Å². The summed E-state index contributed by atoms with van der Waals surface area (Å²) in [7, 11) is 0. The molecule has 0 aliphatic rings. The minimum Gasteiger partial charge on any atom is -0.0843 e. The van der Waals surface area contributed by atoms with E-state index in [9.17, 15) is 0 Å². The summed E-state index contributed by atoms with van der Waals surface area (Å²) in [6.07, 6.45) is 0. The molecule has 118 valence electrons. The molecule has 0 unspecified atom stereocenters. The van der Waals surface area contributed by atoms with Crippen LogP contribution in [0.25, 0.3) is 11.1 Å². The smallest absolute Gasteiger partial charge is 0.0412 e. The Morgan fingerprint density at radius 2 is 1.36 bits per heavy atom. The first-order valence-electron chi connectivity index (χ1n) is 7.60. The first-order valence-corrected chi connectivity index (χ1v) is 8.77. The van der Waals surface area contributed by atoms with Gasteiger partial charge in [-0.1, -0.05) is 87.3 Å². The first-order chi connectivity index (χ1) is 10.00. The van der Waals surface area contributed by atoms with E-state index in [2.05, 4.69) is 75.7 Å². The van der Waals surface area contributed by atoms with Crippen LogP contribution in [0.4, 0.5) is 0 Å². The molecule has 0 atom stereocenters. The largest absolute Gasteiger partial charge is 0.0843 e. The van der Waals surface area contributed by atoms with Crippen LogP contribution >= 0.6 is 27.5 Å². The Morgan fingerprint density at radius 1 is 0.773 bits per heavy atom. The second-order valence-corrected chi connectivity index (χ2v) is 9.18. The van der Waals surface area contributed by atoms with Crippen LogP contribution in [0.3, 0.4) is 0 Å². The van der Waals surface area contributed by atoms with Crippen molar-refractivity contribution in [1.82, 2.24) is 0 Å². The highest BCUT2D eigenvalue weighted by atomic mass is 79.9. The van der Waals surface area contributed by atoms with Gasteiger partial charge in [-0.15, -0.1) is 0 Å². The highest BCUT2D eigenvalue weighted by Gasteiger charge is 2.25. The van der Waals surface area contributed by atoms with E-state index in [1.165, 1.54) is 16.7 Å². The van der Waals surface area contributed by atoms with Gasteiger partial charge in [-0.25, -0.2) is 0 Å². The van der Waals surface area contributed by atoms with Gasteiger partial charge in [0.15, 0.2) is 0 Å². The minimum absolute atomic E-state index is 0.101. The quantitative estimate of drug-likeness (QED) is 0.485. The molecule has 0 aliphatic carbocycles. The van der Waals surface area contributed by atoms with Gasteiger partial charge in [0.05, 0.1) is 0 Å². The molecular weight excluding hydrogens is 356 g/mol. The van der Waals surface area contributed by atoms with E-state index in [1.807, 2.05) is 18.2 Å². The van der Waals surface area contributed by atoms with Crippen LogP contribution in [0.15, 0.2) is 40.9 Å². The van der Waals surface area contributed by atoms with Gasteiger partial charge in [-0.2, -0.15) is 0 Å². The minimum atomic E-state index is 0.101. The monoisotopic (exact) mass is 378 g/mol. The van der Waals surface area contributed by atoms with Crippen molar-refractivity contribution < 1.29 is 0 Å². The van der Waals surface area contributed by atoms with Crippen molar-refractivity contribution in [3.8, 4) is 11.1 Å². The molecule has 0 saturated carbocycles. The Balaban J connectivity index is 2.69. The molecule has 0 fully saturated rings. The molecule has 0 bridgehead atoms. The van der Waals surface area contributed by atoms with Crippen molar-refractivity contribution in [2.45, 2.75) is 52.4 Å². The van der Waals surface area contributed by atoms with E-state index in [0.717, 1.165) is 15.1 Å². The number of halogens is 2. The Hall–Kier alpha value is -0.790. The van der Waals surface area contributed by atoms with Gasteiger partial charge in [-0.3, -0.25) is 0 Å². The van der Waals surface area contributed by atoms with Gasteiger partial charge in [0.25, 0.3) is 0 Å². The molecular formula is C20H24BrCl. The van der Waals surface area contributed by atoms with E-state index in [-0.39, 0.29) is 10.8 Å². The summed E-state index contributed by atoms with van der Waals surface area (Å²) in [5, 5.41) is 0.760. The normalized spacial score (nSPS) is 12.5. The molecule has 0 heterocycles. The summed E-state index contributed by atoms with van der Waals surface area (Å²) in [6, 6.07) is 12.7. The molecule has 0 N–H and O–H groups in total. The predicted octanol–water partition coefficient (Wildman–Crippen LogP) is 7.36. The first kappa shape index (κ1) is 17.6. The fourth-order valence-corrected chi connectivity index (χ4v) is 3.35. The van der Waals surface area contributed by atoms with Crippen LogP contribution in [0, 0.1) is 0 Å². The lowest BCUT2D eigenvalue weighted by Gasteiger charge is -2.30. The number of rotatable bonds is 1. The fourth-order valence-electron chi connectivity index (χ4n) is 2.71. The van der Waals surface area contributed by atoms with E-state index < -0.39 is 0 Å². The van der Waals surface area contributed by atoms with Crippen LogP contribution < -0.4 is 0 Å². The molecule has 2 aromatic rings. The molecule has 0 aromatic heterocycles. The number of hydrogen-bond acceptors (Lipinski definition) is 0. The van der Waals surface area contributed by atoms with E-state index in [4.69, 9.17) is 11.6 Å². The molecule has 2 heteroatoms. The Labute approximate surface area is 148 Å². The van der Waals surface area contributed by atoms with E-state index >= 15 is 0 Å². The molecule has 0 radical (unpaired) electrons. The lowest BCUT2D eigenvalue weighted by molar-refractivity contribution is 0.530. The molecule has 0 nitrogen and oxygen atoms in total. The molecule has 22 heavy (non-hydrogen) atoms. The van der Waals surface area contributed by atoms with Crippen molar-refractivity contribution in [3.05, 3.63) is 57.0 Å². The SMILES string of the molecule is CC(C)(C)c1ccc(-c2cc(Cl)ccc2Br)cc1C(C)(C)C. The van der Waals surface area contributed by atoms with Gasteiger partial charge < -0.3 is 0 Å². The second kappa shape index (κ2) is 6.02. The van der Waals surface area contributed by atoms with Crippen LogP contribution in [0.2, 0.25) is 5.02 Å². The average Bonchev–Trinajstić information content (AvgIpc) is 2.39. The highest BCUT2D eigenvalue weighted by Crippen LogP contribution is 2.38. The van der Waals surface area contributed by atoms with Crippen molar-refractivity contribution in [1.29, 1.82) is 0 Å². The third-order valence-corrected chi connectivity index (χ3v) is 4.80.